The Morgan fingerprint density at radius 3 is 2.77 bits per heavy atom. The number of nitrogens with zero attached hydrogens (tertiary/aromatic N) is 2. The van der Waals surface area contributed by atoms with Crippen molar-refractivity contribution in [1.29, 1.82) is 5.26 Å². The number of aromatic nitrogens is 1. The van der Waals surface area contributed by atoms with Crippen LogP contribution in [-0.2, 0) is 17.9 Å². The fraction of sp³-hybridized carbons (Fsp3) is 0.150. The molecule has 0 radical (unpaired) electrons. The van der Waals surface area contributed by atoms with E-state index in [1.807, 2.05) is 6.07 Å². The van der Waals surface area contributed by atoms with Crippen molar-refractivity contribution in [3.8, 4) is 6.07 Å². The van der Waals surface area contributed by atoms with Crippen LogP contribution in [0.1, 0.15) is 16.7 Å². The Balaban J connectivity index is 1.81. The molecule has 0 fully saturated rings. The molecule has 1 N–H and O–H groups in total. The number of nitrogens with one attached hydrogen (secondary N) is 1. The van der Waals surface area contributed by atoms with Gasteiger partial charge in [0.05, 0.1) is 5.52 Å². The summed E-state index contributed by atoms with van der Waals surface area (Å²) in [5, 5.41) is 12.2. The highest BCUT2D eigenvalue weighted by molar-refractivity contribution is 5.83. The number of amides is 1. The van der Waals surface area contributed by atoms with E-state index < -0.39 is 0 Å². The third-order valence-electron chi connectivity index (χ3n) is 4.15. The highest BCUT2D eigenvalue weighted by Gasteiger charge is 2.11. The molecule has 0 bridgehead atoms. The average molecular weight is 349 g/mol. The summed E-state index contributed by atoms with van der Waals surface area (Å²) in [6, 6.07) is 13.5. The van der Waals surface area contributed by atoms with E-state index >= 15 is 0 Å². The lowest BCUT2D eigenvalue weighted by Gasteiger charge is -2.12. The topological polar surface area (TPSA) is 74.9 Å². The van der Waals surface area contributed by atoms with Gasteiger partial charge in [0.1, 0.15) is 24.0 Å². The summed E-state index contributed by atoms with van der Waals surface area (Å²) in [6.45, 7) is 1.81. The summed E-state index contributed by atoms with van der Waals surface area (Å²) in [5.41, 5.74) is 1.41. The lowest BCUT2D eigenvalue weighted by molar-refractivity contribution is -0.121. The van der Waals surface area contributed by atoms with Crippen LogP contribution in [0.5, 0.6) is 0 Å². The van der Waals surface area contributed by atoms with Gasteiger partial charge in [-0.15, -0.1) is 0 Å². The molecular formula is C20H16FN3O2. The number of aryl methyl sites for hydroxylation is 1. The molecular weight excluding hydrogens is 333 g/mol. The van der Waals surface area contributed by atoms with E-state index in [1.54, 1.807) is 47.9 Å². The number of hydrogen-bond donors (Lipinski definition) is 1. The van der Waals surface area contributed by atoms with E-state index in [9.17, 15) is 14.0 Å². The normalized spacial score (nSPS) is 10.5. The number of hydrogen-bond acceptors (Lipinski definition) is 3. The summed E-state index contributed by atoms with van der Waals surface area (Å²) < 4.78 is 15.1. The zero-order valence-corrected chi connectivity index (χ0v) is 14.1. The highest BCUT2D eigenvalue weighted by atomic mass is 19.1. The van der Waals surface area contributed by atoms with Gasteiger partial charge < -0.3 is 9.88 Å². The van der Waals surface area contributed by atoms with Crippen LogP contribution in [0.25, 0.3) is 10.9 Å². The summed E-state index contributed by atoms with van der Waals surface area (Å²) in [4.78, 5) is 24.5. The summed E-state index contributed by atoms with van der Waals surface area (Å²) >= 11 is 0. The molecule has 1 aromatic heterocycles. The maximum absolute atomic E-state index is 13.6. The number of pyridine rings is 1. The van der Waals surface area contributed by atoms with Gasteiger partial charge in [-0.1, -0.05) is 24.3 Å². The van der Waals surface area contributed by atoms with Gasteiger partial charge in [-0.2, -0.15) is 5.26 Å². The Kier molecular flexibility index (Phi) is 4.81. The first-order valence-electron chi connectivity index (χ1n) is 8.03. The van der Waals surface area contributed by atoms with Gasteiger partial charge in [0.25, 0.3) is 0 Å². The summed E-state index contributed by atoms with van der Waals surface area (Å²) in [6.07, 6.45) is 1.38. The van der Waals surface area contributed by atoms with Crippen LogP contribution >= 0.6 is 0 Å². The first kappa shape index (κ1) is 17.4. The molecule has 130 valence electrons. The molecule has 6 heteroatoms. The lowest BCUT2D eigenvalue weighted by atomic mass is 10.1. The highest BCUT2D eigenvalue weighted by Crippen LogP contribution is 2.12. The number of carbonyl (C=O) groups is 1. The lowest BCUT2D eigenvalue weighted by Crippen LogP contribution is -2.28. The number of halogens is 1. The number of carbonyl (C=O) groups excluding carboxylic acids is 1. The minimum absolute atomic E-state index is 0.0166. The van der Waals surface area contributed by atoms with Crippen molar-refractivity contribution in [3.05, 3.63) is 81.4 Å². The van der Waals surface area contributed by atoms with E-state index in [-0.39, 0.29) is 35.8 Å². The van der Waals surface area contributed by atoms with E-state index in [0.717, 1.165) is 0 Å². The molecule has 1 heterocycles. The summed E-state index contributed by atoms with van der Waals surface area (Å²) in [5.74, 6) is -0.620. The molecule has 3 aromatic rings. The van der Waals surface area contributed by atoms with Crippen molar-refractivity contribution in [2.24, 2.45) is 0 Å². The Morgan fingerprint density at radius 2 is 2.04 bits per heavy atom. The molecule has 0 saturated heterocycles. The number of fused-ring (bicyclic) bond motifs is 1. The van der Waals surface area contributed by atoms with Crippen molar-refractivity contribution in [2.45, 2.75) is 20.0 Å². The third kappa shape index (κ3) is 3.47. The first-order chi connectivity index (χ1) is 12.5. The van der Waals surface area contributed by atoms with Crippen LogP contribution in [0.15, 0.2) is 53.5 Å². The molecule has 0 aliphatic heterocycles. The second-order valence-electron chi connectivity index (χ2n) is 5.99. The first-order valence-corrected chi connectivity index (χ1v) is 8.03. The van der Waals surface area contributed by atoms with Gasteiger partial charge in [-0.3, -0.25) is 9.59 Å². The zero-order chi connectivity index (χ0) is 18.7. The molecule has 0 aliphatic carbocycles. The van der Waals surface area contributed by atoms with E-state index in [4.69, 9.17) is 5.26 Å². The largest absolute Gasteiger partial charge is 0.350 e. The predicted molar refractivity (Wildman–Crippen MR) is 95.9 cm³/mol. The quantitative estimate of drug-likeness (QED) is 0.787. The molecule has 0 aliphatic rings. The van der Waals surface area contributed by atoms with Gasteiger partial charge in [0.15, 0.2) is 0 Å². The molecule has 5 nitrogen and oxygen atoms in total. The van der Waals surface area contributed by atoms with E-state index in [0.29, 0.717) is 22.0 Å². The Bertz CT molecular complexity index is 1100. The third-order valence-corrected chi connectivity index (χ3v) is 4.15. The maximum Gasteiger partial charge on any atom is 0.240 e. The molecule has 0 spiro atoms. The van der Waals surface area contributed by atoms with Gasteiger partial charge in [-0.05, 0) is 36.2 Å². The van der Waals surface area contributed by atoms with Crippen LogP contribution in [0.2, 0.25) is 0 Å². The SMILES string of the molecule is Cc1ccc(CNC(=O)Cn2cc(C#N)c(=O)c3ccccc32)cc1F. The van der Waals surface area contributed by atoms with Crippen molar-refractivity contribution in [1.82, 2.24) is 9.88 Å². The van der Waals surface area contributed by atoms with Crippen LogP contribution < -0.4 is 10.7 Å². The Morgan fingerprint density at radius 1 is 1.27 bits per heavy atom. The van der Waals surface area contributed by atoms with Gasteiger partial charge in [0, 0.05) is 18.1 Å². The number of nitriles is 1. The average Bonchev–Trinajstić information content (AvgIpc) is 2.65. The minimum atomic E-state index is -0.352. The number of rotatable bonds is 4. The van der Waals surface area contributed by atoms with E-state index in [1.165, 1.54) is 12.3 Å². The Hall–Kier alpha value is -3.46. The second kappa shape index (κ2) is 7.19. The maximum atomic E-state index is 13.6. The zero-order valence-electron chi connectivity index (χ0n) is 14.1. The molecule has 0 atom stereocenters. The molecule has 3 rings (SSSR count). The fourth-order valence-corrected chi connectivity index (χ4v) is 2.71. The second-order valence-corrected chi connectivity index (χ2v) is 5.99. The Labute approximate surface area is 149 Å². The van der Waals surface area contributed by atoms with Gasteiger partial charge in [0.2, 0.25) is 11.3 Å². The fourth-order valence-electron chi connectivity index (χ4n) is 2.71. The van der Waals surface area contributed by atoms with Gasteiger partial charge >= 0.3 is 0 Å². The van der Waals surface area contributed by atoms with Crippen LogP contribution in [0, 0.1) is 24.1 Å². The molecule has 26 heavy (non-hydrogen) atoms. The van der Waals surface area contributed by atoms with Crippen molar-refractivity contribution in [2.75, 3.05) is 0 Å². The van der Waals surface area contributed by atoms with E-state index in [2.05, 4.69) is 5.32 Å². The molecule has 1 amide bonds. The molecule has 0 unspecified atom stereocenters. The van der Waals surface area contributed by atoms with Crippen LogP contribution in [0.3, 0.4) is 0 Å². The predicted octanol–water partition coefficient (Wildman–Crippen LogP) is 2.64. The number of benzene rings is 2. The smallest absolute Gasteiger partial charge is 0.240 e. The monoisotopic (exact) mass is 349 g/mol. The summed E-state index contributed by atoms with van der Waals surface area (Å²) in [7, 11) is 0. The number of para-hydroxylation sites is 1. The van der Waals surface area contributed by atoms with Crippen LogP contribution in [-0.4, -0.2) is 10.5 Å². The van der Waals surface area contributed by atoms with Crippen molar-refractivity contribution in [3.63, 3.8) is 0 Å². The standard InChI is InChI=1S/C20H16FN3O2/c1-13-6-7-14(8-17(13)21)10-23-19(25)12-24-11-15(9-22)20(26)16-4-2-3-5-18(16)24/h2-8,11H,10,12H2,1H3,(H,23,25). The van der Waals surface area contributed by atoms with Gasteiger partial charge in [-0.25, -0.2) is 4.39 Å². The molecule has 2 aromatic carbocycles. The minimum Gasteiger partial charge on any atom is -0.350 e. The van der Waals surface area contributed by atoms with Crippen molar-refractivity contribution < 1.29 is 9.18 Å². The molecule has 0 saturated carbocycles. The van der Waals surface area contributed by atoms with Crippen LogP contribution in [0.4, 0.5) is 4.39 Å². The van der Waals surface area contributed by atoms with Crippen molar-refractivity contribution >= 4 is 16.8 Å².